The molecule has 0 unspecified atom stereocenters. The van der Waals surface area contributed by atoms with Crippen LogP contribution in [0.3, 0.4) is 0 Å². The second-order valence-electron chi connectivity index (χ2n) is 4.65. The molecule has 0 spiro atoms. The zero-order chi connectivity index (χ0) is 16.5. The zero-order valence-corrected chi connectivity index (χ0v) is 13.3. The minimum Gasteiger partial charge on any atom is -0.456 e. The molecule has 0 N–H and O–H groups in total. The second-order valence-corrected chi connectivity index (χ2v) is 7.07. The maximum atomic E-state index is 13.3. The van der Waals surface area contributed by atoms with E-state index >= 15 is 0 Å². The van der Waals surface area contributed by atoms with Gasteiger partial charge in [0.1, 0.15) is 23.4 Å². The highest BCUT2D eigenvalue weighted by Crippen LogP contribution is 2.32. The summed E-state index contributed by atoms with van der Waals surface area (Å²) in [6.45, 7) is 1.51. The molecule has 0 fully saturated rings. The molecule has 2 rings (SSSR count). The monoisotopic (exact) mass is 339 g/mol. The van der Waals surface area contributed by atoms with E-state index in [1.807, 2.05) is 6.07 Å². The second kappa shape index (κ2) is 5.95. The molecule has 0 heterocycles. The summed E-state index contributed by atoms with van der Waals surface area (Å²) in [5, 5.41) is 9.40. The molecule has 0 radical (unpaired) electrons. The normalized spacial score (nSPS) is 11.0. The van der Waals surface area contributed by atoms with Crippen molar-refractivity contribution in [2.24, 2.45) is 0 Å². The Bertz CT molecular complexity index is 868. The molecule has 0 amide bonds. The summed E-state index contributed by atoms with van der Waals surface area (Å²) in [5.74, 6) is -0.326. The maximum Gasteiger partial charge on any atom is 0.175 e. The fraction of sp³-hybridized carbons (Fsp3) is 0.133. The van der Waals surface area contributed by atoms with Gasteiger partial charge in [0.05, 0.1) is 10.5 Å². The van der Waals surface area contributed by atoms with Gasteiger partial charge in [-0.3, -0.25) is 0 Å². The van der Waals surface area contributed by atoms with E-state index < -0.39 is 15.7 Å². The van der Waals surface area contributed by atoms with Crippen LogP contribution in [0.5, 0.6) is 11.5 Å². The molecule has 0 saturated heterocycles. The fourth-order valence-electron chi connectivity index (χ4n) is 2.01. The molecular weight excluding hydrogens is 329 g/mol. The molecular formula is C15H11ClFNO3S. The van der Waals surface area contributed by atoms with Crippen molar-refractivity contribution in [3.8, 4) is 17.6 Å². The van der Waals surface area contributed by atoms with E-state index in [2.05, 4.69) is 0 Å². The van der Waals surface area contributed by atoms with Crippen LogP contribution in [0.1, 0.15) is 11.1 Å². The Morgan fingerprint density at radius 1 is 1.27 bits per heavy atom. The number of nitriles is 1. The minimum atomic E-state index is -3.46. The van der Waals surface area contributed by atoms with E-state index in [-0.39, 0.29) is 32.5 Å². The van der Waals surface area contributed by atoms with Gasteiger partial charge in [0, 0.05) is 17.3 Å². The van der Waals surface area contributed by atoms with Crippen molar-refractivity contribution >= 4 is 21.4 Å². The first-order valence-corrected chi connectivity index (χ1v) is 8.37. The molecule has 0 aliphatic heterocycles. The molecule has 4 nitrogen and oxygen atoms in total. The lowest BCUT2D eigenvalue weighted by atomic mass is 10.1. The van der Waals surface area contributed by atoms with Gasteiger partial charge < -0.3 is 4.74 Å². The van der Waals surface area contributed by atoms with Crippen LogP contribution in [0.25, 0.3) is 0 Å². The third kappa shape index (κ3) is 3.38. The van der Waals surface area contributed by atoms with Gasteiger partial charge in [0.2, 0.25) is 0 Å². The molecule has 22 heavy (non-hydrogen) atoms. The number of rotatable bonds is 3. The Hall–Kier alpha value is -2.10. The summed E-state index contributed by atoms with van der Waals surface area (Å²) in [4.78, 5) is 0.0497. The van der Waals surface area contributed by atoms with E-state index in [0.29, 0.717) is 0 Å². The standard InChI is InChI=1S/C15H11ClFNO3S/c1-9-13(8-18)14(3-4-15(9)22(2,19)20)21-12-6-10(16)5-11(17)7-12/h3-7H,1-2H3. The van der Waals surface area contributed by atoms with Crippen molar-refractivity contribution in [2.75, 3.05) is 6.26 Å². The molecule has 7 heteroatoms. The van der Waals surface area contributed by atoms with Crippen molar-refractivity contribution in [3.63, 3.8) is 0 Å². The lowest BCUT2D eigenvalue weighted by Crippen LogP contribution is -2.03. The SMILES string of the molecule is Cc1c(S(C)(=O)=O)ccc(Oc2cc(F)cc(Cl)c2)c1C#N. The van der Waals surface area contributed by atoms with E-state index in [4.69, 9.17) is 16.3 Å². The summed E-state index contributed by atoms with van der Waals surface area (Å²) >= 11 is 5.74. The predicted octanol–water partition coefficient (Wildman–Crippen LogP) is 3.86. The Kier molecular flexibility index (Phi) is 4.40. The summed E-state index contributed by atoms with van der Waals surface area (Å²) in [5.41, 5.74) is 0.355. The zero-order valence-electron chi connectivity index (χ0n) is 11.7. The minimum absolute atomic E-state index is 0.0497. The molecule has 2 aromatic carbocycles. The molecule has 0 bridgehead atoms. The van der Waals surface area contributed by atoms with Crippen molar-refractivity contribution in [3.05, 3.63) is 52.3 Å². The van der Waals surface area contributed by atoms with E-state index in [1.54, 1.807) is 0 Å². The Balaban J connectivity index is 2.53. The Morgan fingerprint density at radius 3 is 2.50 bits per heavy atom. The van der Waals surface area contributed by atoms with Crippen LogP contribution < -0.4 is 4.74 Å². The van der Waals surface area contributed by atoms with Crippen molar-refractivity contribution < 1.29 is 17.5 Å². The number of hydrogen-bond donors (Lipinski definition) is 0. The Morgan fingerprint density at radius 2 is 1.95 bits per heavy atom. The van der Waals surface area contributed by atoms with Gasteiger partial charge in [-0.2, -0.15) is 5.26 Å². The van der Waals surface area contributed by atoms with Crippen LogP contribution in [-0.4, -0.2) is 14.7 Å². The molecule has 0 saturated carbocycles. The highest BCUT2D eigenvalue weighted by molar-refractivity contribution is 7.90. The first-order chi connectivity index (χ1) is 10.2. The van der Waals surface area contributed by atoms with E-state index in [1.165, 1.54) is 25.1 Å². The molecule has 0 aromatic heterocycles. The number of ether oxygens (including phenoxy) is 1. The topological polar surface area (TPSA) is 67.2 Å². The average molecular weight is 340 g/mol. The van der Waals surface area contributed by atoms with Crippen LogP contribution in [0, 0.1) is 24.1 Å². The van der Waals surface area contributed by atoms with E-state index in [9.17, 15) is 18.1 Å². The fourth-order valence-corrected chi connectivity index (χ4v) is 3.19. The van der Waals surface area contributed by atoms with Gasteiger partial charge in [-0.25, -0.2) is 12.8 Å². The van der Waals surface area contributed by atoms with Gasteiger partial charge in [0.15, 0.2) is 9.84 Å². The number of halogens is 2. The lowest BCUT2D eigenvalue weighted by Gasteiger charge is -2.12. The van der Waals surface area contributed by atoms with Crippen LogP contribution in [0.4, 0.5) is 4.39 Å². The van der Waals surface area contributed by atoms with E-state index in [0.717, 1.165) is 18.4 Å². The third-order valence-electron chi connectivity index (χ3n) is 2.95. The molecule has 2 aromatic rings. The van der Waals surface area contributed by atoms with Crippen LogP contribution in [-0.2, 0) is 9.84 Å². The number of nitrogens with zero attached hydrogens (tertiary/aromatic N) is 1. The summed E-state index contributed by atoms with van der Waals surface area (Å²) in [6, 6.07) is 8.26. The number of sulfone groups is 1. The largest absolute Gasteiger partial charge is 0.456 e. The lowest BCUT2D eigenvalue weighted by molar-refractivity contribution is 0.474. The maximum absolute atomic E-state index is 13.3. The van der Waals surface area contributed by atoms with Gasteiger partial charge >= 0.3 is 0 Å². The molecule has 0 aliphatic rings. The van der Waals surface area contributed by atoms with Crippen molar-refractivity contribution in [1.82, 2.24) is 0 Å². The van der Waals surface area contributed by atoms with Crippen LogP contribution in [0.15, 0.2) is 35.2 Å². The van der Waals surface area contributed by atoms with Crippen LogP contribution in [0.2, 0.25) is 5.02 Å². The molecule has 0 atom stereocenters. The van der Waals surface area contributed by atoms with Gasteiger partial charge in [-0.15, -0.1) is 0 Å². The first kappa shape index (κ1) is 16.3. The third-order valence-corrected chi connectivity index (χ3v) is 4.41. The molecule has 0 aliphatic carbocycles. The number of hydrogen-bond acceptors (Lipinski definition) is 4. The van der Waals surface area contributed by atoms with Gasteiger partial charge in [0.25, 0.3) is 0 Å². The highest BCUT2D eigenvalue weighted by Gasteiger charge is 2.18. The van der Waals surface area contributed by atoms with Gasteiger partial charge in [-0.05, 0) is 36.8 Å². The van der Waals surface area contributed by atoms with Crippen molar-refractivity contribution in [2.45, 2.75) is 11.8 Å². The highest BCUT2D eigenvalue weighted by atomic mass is 35.5. The van der Waals surface area contributed by atoms with Crippen molar-refractivity contribution in [1.29, 1.82) is 5.26 Å². The number of benzene rings is 2. The Labute approximate surface area is 132 Å². The van der Waals surface area contributed by atoms with Gasteiger partial charge in [-0.1, -0.05) is 11.6 Å². The first-order valence-electron chi connectivity index (χ1n) is 6.10. The average Bonchev–Trinajstić information content (AvgIpc) is 2.36. The predicted molar refractivity (Wildman–Crippen MR) is 80.5 cm³/mol. The summed E-state index contributed by atoms with van der Waals surface area (Å²) < 4.78 is 42.1. The summed E-state index contributed by atoms with van der Waals surface area (Å²) in [7, 11) is -3.46. The summed E-state index contributed by atoms with van der Waals surface area (Å²) in [6.07, 6.45) is 1.06. The quantitative estimate of drug-likeness (QED) is 0.851. The molecule has 114 valence electrons. The smallest absolute Gasteiger partial charge is 0.175 e. The van der Waals surface area contributed by atoms with Crippen LogP contribution >= 0.6 is 11.6 Å².